The molecule has 1 aromatic heterocycles. The molecule has 0 spiro atoms. The van der Waals surface area contributed by atoms with Gasteiger partial charge in [-0.3, -0.25) is 10.1 Å². The largest absolute Gasteiger partial charge is 0.378 e. The van der Waals surface area contributed by atoms with Crippen molar-refractivity contribution >= 4 is 11.5 Å². The second-order valence-electron chi connectivity index (χ2n) is 4.75. The molecular weight excluding hydrogens is 248 g/mol. The average Bonchev–Trinajstić information content (AvgIpc) is 2.62. The van der Waals surface area contributed by atoms with E-state index in [1.165, 1.54) is 0 Å². The molecule has 1 saturated carbocycles. The first-order valence-corrected chi connectivity index (χ1v) is 6.66. The predicted molar refractivity (Wildman–Crippen MR) is 71.4 cm³/mol. The van der Waals surface area contributed by atoms with Gasteiger partial charge in [-0.2, -0.15) is 5.10 Å². The Morgan fingerprint density at radius 2 is 2.21 bits per heavy atom. The standard InChI is InChI=1S/C12H20N4O3/c1-4-15-12(11(16(17)18)8(3)14-15)13-9-6-10(7-9)19-5-2/h9-10,13H,4-7H2,1-3H3. The molecule has 2 rings (SSSR count). The van der Waals surface area contributed by atoms with Gasteiger partial charge in [0.25, 0.3) is 0 Å². The van der Waals surface area contributed by atoms with E-state index in [1.54, 1.807) is 11.6 Å². The first kappa shape index (κ1) is 13.8. The molecule has 1 aliphatic carbocycles. The summed E-state index contributed by atoms with van der Waals surface area (Å²) in [5.41, 5.74) is 0.539. The van der Waals surface area contributed by atoms with Crippen LogP contribution in [-0.4, -0.2) is 33.5 Å². The lowest BCUT2D eigenvalue weighted by Gasteiger charge is -2.35. The lowest BCUT2D eigenvalue weighted by molar-refractivity contribution is -0.384. The Kier molecular flexibility index (Phi) is 4.04. The van der Waals surface area contributed by atoms with Crippen molar-refractivity contribution in [2.45, 2.75) is 52.3 Å². The summed E-state index contributed by atoms with van der Waals surface area (Å²) in [7, 11) is 0. The number of hydrogen-bond donors (Lipinski definition) is 1. The van der Waals surface area contributed by atoms with Crippen LogP contribution in [0.3, 0.4) is 0 Å². The molecule has 0 unspecified atom stereocenters. The van der Waals surface area contributed by atoms with Crippen LogP contribution in [0.25, 0.3) is 0 Å². The van der Waals surface area contributed by atoms with Gasteiger partial charge in [-0.1, -0.05) is 0 Å². The fourth-order valence-corrected chi connectivity index (χ4v) is 2.41. The maximum atomic E-state index is 11.1. The number of nitrogens with one attached hydrogen (secondary N) is 1. The van der Waals surface area contributed by atoms with Crippen LogP contribution in [0.4, 0.5) is 11.5 Å². The van der Waals surface area contributed by atoms with E-state index >= 15 is 0 Å². The van der Waals surface area contributed by atoms with E-state index in [-0.39, 0.29) is 22.8 Å². The molecule has 7 nitrogen and oxygen atoms in total. The Balaban J connectivity index is 2.09. The fraction of sp³-hybridized carbons (Fsp3) is 0.750. The number of nitrogens with zero attached hydrogens (tertiary/aromatic N) is 3. The number of ether oxygens (including phenoxy) is 1. The number of rotatable bonds is 6. The number of anilines is 1. The van der Waals surface area contributed by atoms with Crippen LogP contribution >= 0.6 is 0 Å². The summed E-state index contributed by atoms with van der Waals surface area (Å²) >= 11 is 0. The summed E-state index contributed by atoms with van der Waals surface area (Å²) in [5, 5.41) is 18.5. The molecule has 0 amide bonds. The van der Waals surface area contributed by atoms with Gasteiger partial charge in [0.1, 0.15) is 5.69 Å². The Labute approximate surface area is 112 Å². The monoisotopic (exact) mass is 268 g/mol. The van der Waals surface area contributed by atoms with Crippen molar-refractivity contribution in [1.29, 1.82) is 0 Å². The molecule has 7 heteroatoms. The van der Waals surface area contributed by atoms with Crippen molar-refractivity contribution < 1.29 is 9.66 Å². The Morgan fingerprint density at radius 3 is 2.74 bits per heavy atom. The molecule has 0 atom stereocenters. The number of aryl methyl sites for hydroxylation is 2. The van der Waals surface area contributed by atoms with E-state index in [0.717, 1.165) is 12.8 Å². The summed E-state index contributed by atoms with van der Waals surface area (Å²) in [6.45, 7) is 6.88. The minimum atomic E-state index is -0.366. The van der Waals surface area contributed by atoms with E-state index in [2.05, 4.69) is 10.4 Å². The average molecular weight is 268 g/mol. The van der Waals surface area contributed by atoms with Gasteiger partial charge in [-0.25, -0.2) is 4.68 Å². The van der Waals surface area contributed by atoms with Crippen molar-refractivity contribution in [2.75, 3.05) is 11.9 Å². The molecule has 1 aromatic rings. The molecule has 0 bridgehead atoms. The fourth-order valence-electron chi connectivity index (χ4n) is 2.41. The van der Waals surface area contributed by atoms with Crippen LogP contribution in [0.15, 0.2) is 0 Å². The zero-order valence-electron chi connectivity index (χ0n) is 11.5. The van der Waals surface area contributed by atoms with E-state index in [1.807, 2.05) is 13.8 Å². The SMILES string of the molecule is CCOC1CC(Nc2c([N+](=O)[O-])c(C)nn2CC)C1. The molecule has 1 heterocycles. The third-order valence-corrected chi connectivity index (χ3v) is 3.42. The highest BCUT2D eigenvalue weighted by Gasteiger charge is 2.33. The first-order chi connectivity index (χ1) is 9.06. The minimum absolute atomic E-state index is 0.0849. The van der Waals surface area contributed by atoms with Gasteiger partial charge in [0.2, 0.25) is 5.82 Å². The molecule has 1 fully saturated rings. The lowest BCUT2D eigenvalue weighted by Crippen LogP contribution is -2.41. The molecule has 0 aliphatic heterocycles. The molecule has 1 aliphatic rings. The van der Waals surface area contributed by atoms with E-state index < -0.39 is 0 Å². The zero-order valence-corrected chi connectivity index (χ0v) is 11.5. The molecule has 106 valence electrons. The van der Waals surface area contributed by atoms with Crippen molar-refractivity contribution in [2.24, 2.45) is 0 Å². The van der Waals surface area contributed by atoms with Gasteiger partial charge in [0.05, 0.1) is 11.0 Å². The first-order valence-electron chi connectivity index (χ1n) is 6.66. The molecule has 1 N–H and O–H groups in total. The highest BCUT2D eigenvalue weighted by Crippen LogP contribution is 2.33. The van der Waals surface area contributed by atoms with Gasteiger partial charge in [0, 0.05) is 19.2 Å². The minimum Gasteiger partial charge on any atom is -0.378 e. The maximum Gasteiger partial charge on any atom is 0.333 e. The second-order valence-corrected chi connectivity index (χ2v) is 4.75. The Bertz CT molecular complexity index is 466. The summed E-state index contributed by atoms with van der Waals surface area (Å²) in [6, 6.07) is 0.233. The van der Waals surface area contributed by atoms with Crippen LogP contribution in [0.5, 0.6) is 0 Å². The third kappa shape index (κ3) is 2.70. The van der Waals surface area contributed by atoms with E-state index in [0.29, 0.717) is 24.7 Å². The molecule has 0 aromatic carbocycles. The Morgan fingerprint density at radius 1 is 1.53 bits per heavy atom. The van der Waals surface area contributed by atoms with E-state index in [4.69, 9.17) is 4.74 Å². The van der Waals surface area contributed by atoms with Gasteiger partial charge >= 0.3 is 5.69 Å². The molecule has 0 radical (unpaired) electrons. The highest BCUT2D eigenvalue weighted by molar-refractivity contribution is 5.60. The Hall–Kier alpha value is -1.63. The summed E-state index contributed by atoms with van der Waals surface area (Å²) in [6.07, 6.45) is 2.05. The summed E-state index contributed by atoms with van der Waals surface area (Å²) < 4.78 is 7.14. The van der Waals surface area contributed by atoms with Crippen LogP contribution in [0.2, 0.25) is 0 Å². The van der Waals surface area contributed by atoms with Crippen LogP contribution in [-0.2, 0) is 11.3 Å². The maximum absolute atomic E-state index is 11.1. The van der Waals surface area contributed by atoms with Crippen LogP contribution < -0.4 is 5.32 Å². The lowest BCUT2D eigenvalue weighted by atomic mass is 9.89. The number of aromatic nitrogens is 2. The molecule has 0 saturated heterocycles. The smallest absolute Gasteiger partial charge is 0.333 e. The van der Waals surface area contributed by atoms with Crippen molar-refractivity contribution in [3.05, 3.63) is 15.8 Å². The molecule has 19 heavy (non-hydrogen) atoms. The van der Waals surface area contributed by atoms with Crippen LogP contribution in [0.1, 0.15) is 32.4 Å². The van der Waals surface area contributed by atoms with Gasteiger partial charge in [0.15, 0.2) is 0 Å². The van der Waals surface area contributed by atoms with Crippen molar-refractivity contribution in [3.8, 4) is 0 Å². The topological polar surface area (TPSA) is 82.2 Å². The summed E-state index contributed by atoms with van der Waals surface area (Å²) in [4.78, 5) is 10.7. The molecular formula is C12H20N4O3. The van der Waals surface area contributed by atoms with Crippen molar-refractivity contribution in [1.82, 2.24) is 9.78 Å². The van der Waals surface area contributed by atoms with Crippen LogP contribution in [0, 0.1) is 17.0 Å². The second kappa shape index (κ2) is 5.56. The third-order valence-electron chi connectivity index (χ3n) is 3.42. The normalized spacial score (nSPS) is 22.1. The number of hydrogen-bond acceptors (Lipinski definition) is 5. The quantitative estimate of drug-likeness (QED) is 0.631. The highest BCUT2D eigenvalue weighted by atomic mass is 16.6. The van der Waals surface area contributed by atoms with E-state index in [9.17, 15) is 10.1 Å². The van der Waals surface area contributed by atoms with Gasteiger partial charge in [-0.15, -0.1) is 0 Å². The van der Waals surface area contributed by atoms with Gasteiger partial charge in [-0.05, 0) is 33.6 Å². The summed E-state index contributed by atoms with van der Waals surface area (Å²) in [5.74, 6) is 0.518. The predicted octanol–water partition coefficient (Wildman–Crippen LogP) is 2.10. The van der Waals surface area contributed by atoms with Gasteiger partial charge < -0.3 is 10.1 Å². The van der Waals surface area contributed by atoms with Crippen molar-refractivity contribution in [3.63, 3.8) is 0 Å². The number of nitro groups is 1. The zero-order chi connectivity index (χ0) is 14.0.